The molecule has 1 aromatic heterocycles. The normalized spacial score (nSPS) is 14.5. The second kappa shape index (κ2) is 5.22. The molecule has 0 aliphatic carbocycles. The number of hydrogen-bond donors (Lipinski definition) is 2. The highest BCUT2D eigenvalue weighted by Gasteiger charge is 2.16. The maximum Gasteiger partial charge on any atom is 0.257 e. The fraction of sp³-hybridized carbons (Fsp3) is 0.286. The zero-order chi connectivity index (χ0) is 14.1. The van der Waals surface area contributed by atoms with Gasteiger partial charge in [-0.1, -0.05) is 0 Å². The molecule has 104 valence electrons. The van der Waals surface area contributed by atoms with Gasteiger partial charge in [0.2, 0.25) is 0 Å². The molecule has 1 unspecified atom stereocenters. The van der Waals surface area contributed by atoms with Crippen molar-refractivity contribution < 1.29 is 14.6 Å². The van der Waals surface area contributed by atoms with E-state index in [1.165, 1.54) is 11.3 Å². The number of aliphatic hydroxyl groups is 1. The highest BCUT2D eigenvalue weighted by Crippen LogP contribution is 2.26. The molecule has 0 fully saturated rings. The molecule has 2 aromatic rings. The van der Waals surface area contributed by atoms with Crippen LogP contribution in [0.4, 0.5) is 5.13 Å². The molecule has 0 bridgehead atoms. The molecule has 20 heavy (non-hydrogen) atoms. The number of amides is 1. The first-order valence-corrected chi connectivity index (χ1v) is 7.22. The van der Waals surface area contributed by atoms with Gasteiger partial charge in [0.25, 0.3) is 5.91 Å². The molecule has 0 saturated carbocycles. The summed E-state index contributed by atoms with van der Waals surface area (Å²) in [6.07, 6.45) is 0.203. The van der Waals surface area contributed by atoms with Crippen molar-refractivity contribution in [2.24, 2.45) is 0 Å². The van der Waals surface area contributed by atoms with Crippen LogP contribution in [0.15, 0.2) is 23.6 Å². The van der Waals surface area contributed by atoms with Gasteiger partial charge in [-0.05, 0) is 30.7 Å². The molecule has 6 heteroatoms. The van der Waals surface area contributed by atoms with Crippen molar-refractivity contribution in [1.29, 1.82) is 0 Å². The quantitative estimate of drug-likeness (QED) is 0.910. The Morgan fingerprint density at radius 2 is 2.40 bits per heavy atom. The number of anilines is 1. The lowest BCUT2D eigenvalue weighted by Crippen LogP contribution is -2.12. The molecule has 5 nitrogen and oxygen atoms in total. The summed E-state index contributed by atoms with van der Waals surface area (Å²) in [5, 5.41) is 14.4. The molecule has 1 amide bonds. The number of fused-ring (bicyclic) bond motifs is 1. The van der Waals surface area contributed by atoms with Crippen LogP contribution in [-0.2, 0) is 6.42 Å². The topological polar surface area (TPSA) is 71.5 Å². The number of thiazole rings is 1. The maximum atomic E-state index is 12.1. The van der Waals surface area contributed by atoms with E-state index in [2.05, 4.69) is 10.3 Å². The summed E-state index contributed by atoms with van der Waals surface area (Å²) in [6, 6.07) is 5.41. The minimum atomic E-state index is -0.631. The second-order valence-electron chi connectivity index (χ2n) is 4.63. The van der Waals surface area contributed by atoms with Gasteiger partial charge in [0.05, 0.1) is 18.4 Å². The van der Waals surface area contributed by atoms with Crippen LogP contribution in [0.3, 0.4) is 0 Å². The summed E-state index contributed by atoms with van der Waals surface area (Å²) in [6.45, 7) is 2.31. The Morgan fingerprint density at radius 3 is 3.15 bits per heavy atom. The number of rotatable bonds is 3. The Bertz CT molecular complexity index is 652. The van der Waals surface area contributed by atoms with Crippen LogP contribution in [0.2, 0.25) is 0 Å². The van der Waals surface area contributed by atoms with E-state index in [-0.39, 0.29) is 5.91 Å². The molecule has 2 N–H and O–H groups in total. The Balaban J connectivity index is 1.75. The molecule has 1 aliphatic rings. The monoisotopic (exact) mass is 290 g/mol. The third-order valence-corrected chi connectivity index (χ3v) is 3.90. The lowest BCUT2D eigenvalue weighted by molar-refractivity contribution is 0.102. The fourth-order valence-electron chi connectivity index (χ4n) is 2.03. The third-order valence-electron chi connectivity index (χ3n) is 3.12. The van der Waals surface area contributed by atoms with E-state index in [9.17, 15) is 9.90 Å². The number of ether oxygens (including phenoxy) is 1. The van der Waals surface area contributed by atoms with Gasteiger partial charge in [-0.3, -0.25) is 10.1 Å². The summed E-state index contributed by atoms with van der Waals surface area (Å²) >= 11 is 1.30. The number of carbonyl (C=O) groups excluding carboxylic acids is 1. The summed E-state index contributed by atoms with van der Waals surface area (Å²) in [5.74, 6) is 0.651. The molecule has 0 spiro atoms. The number of nitrogens with one attached hydrogen (secondary N) is 1. The fourth-order valence-corrected chi connectivity index (χ4v) is 2.82. The third kappa shape index (κ3) is 2.52. The summed E-state index contributed by atoms with van der Waals surface area (Å²) < 4.78 is 5.41. The van der Waals surface area contributed by atoms with Crippen LogP contribution >= 0.6 is 11.3 Å². The number of aliphatic hydroxyl groups excluding tert-OH is 1. The average Bonchev–Trinajstić information content (AvgIpc) is 3.05. The predicted octanol–water partition coefficient (Wildman–Crippen LogP) is 2.38. The first-order valence-electron chi connectivity index (χ1n) is 6.34. The van der Waals surface area contributed by atoms with E-state index in [0.29, 0.717) is 23.0 Å². The lowest BCUT2D eigenvalue weighted by Gasteiger charge is -2.04. The van der Waals surface area contributed by atoms with Crippen LogP contribution in [0.1, 0.15) is 34.6 Å². The molecule has 1 aromatic carbocycles. The van der Waals surface area contributed by atoms with Crippen molar-refractivity contribution >= 4 is 22.4 Å². The number of benzene rings is 1. The van der Waals surface area contributed by atoms with E-state index >= 15 is 0 Å². The molecular weight excluding hydrogens is 276 g/mol. The predicted molar refractivity (Wildman–Crippen MR) is 76.3 cm³/mol. The van der Waals surface area contributed by atoms with Crippen molar-refractivity contribution in [3.8, 4) is 5.75 Å². The molecule has 0 saturated heterocycles. The minimum Gasteiger partial charge on any atom is -0.493 e. The van der Waals surface area contributed by atoms with Gasteiger partial charge >= 0.3 is 0 Å². The van der Waals surface area contributed by atoms with Crippen molar-refractivity contribution in [2.75, 3.05) is 11.9 Å². The highest BCUT2D eigenvalue weighted by atomic mass is 32.1. The van der Waals surface area contributed by atoms with E-state index in [1.54, 1.807) is 18.4 Å². The highest BCUT2D eigenvalue weighted by molar-refractivity contribution is 7.14. The number of nitrogens with zero attached hydrogens (tertiary/aromatic N) is 1. The number of hydrogen-bond acceptors (Lipinski definition) is 5. The zero-order valence-electron chi connectivity index (χ0n) is 10.9. The van der Waals surface area contributed by atoms with Gasteiger partial charge in [-0.2, -0.15) is 0 Å². The Kier molecular flexibility index (Phi) is 3.42. The zero-order valence-corrected chi connectivity index (χ0v) is 11.7. The average molecular weight is 290 g/mol. The second-order valence-corrected chi connectivity index (χ2v) is 5.49. The van der Waals surface area contributed by atoms with Gasteiger partial charge in [0, 0.05) is 17.4 Å². The van der Waals surface area contributed by atoms with Crippen molar-refractivity contribution in [2.45, 2.75) is 19.4 Å². The molecule has 1 aliphatic heterocycles. The van der Waals surface area contributed by atoms with Crippen molar-refractivity contribution in [3.63, 3.8) is 0 Å². The van der Waals surface area contributed by atoms with E-state index in [4.69, 9.17) is 4.74 Å². The van der Waals surface area contributed by atoms with Crippen LogP contribution < -0.4 is 10.1 Å². The van der Waals surface area contributed by atoms with E-state index in [1.807, 2.05) is 12.1 Å². The van der Waals surface area contributed by atoms with Gasteiger partial charge in [0.15, 0.2) is 5.13 Å². The summed E-state index contributed by atoms with van der Waals surface area (Å²) in [4.78, 5) is 16.3. The molecule has 2 heterocycles. The first kappa shape index (κ1) is 13.1. The number of carbonyl (C=O) groups is 1. The van der Waals surface area contributed by atoms with Gasteiger partial charge in [-0.25, -0.2) is 4.98 Å². The van der Waals surface area contributed by atoms with Crippen LogP contribution in [0.5, 0.6) is 5.75 Å². The Hall–Kier alpha value is -1.92. The summed E-state index contributed by atoms with van der Waals surface area (Å²) in [7, 11) is 0. The maximum absolute atomic E-state index is 12.1. The van der Waals surface area contributed by atoms with Gasteiger partial charge in [-0.15, -0.1) is 11.3 Å². The standard InChI is InChI=1S/C14H14N2O3S/c1-8(17)11-7-20-14(15-11)16-13(18)10-2-3-12-9(6-10)4-5-19-12/h2-3,6-8,17H,4-5H2,1H3,(H,15,16,18). The van der Waals surface area contributed by atoms with E-state index < -0.39 is 6.10 Å². The molecule has 0 radical (unpaired) electrons. The van der Waals surface area contributed by atoms with Crippen LogP contribution in [0.25, 0.3) is 0 Å². The SMILES string of the molecule is CC(O)c1csc(NC(=O)c2ccc3c(c2)CCO3)n1. The summed E-state index contributed by atoms with van der Waals surface area (Å²) in [5.41, 5.74) is 2.21. The Morgan fingerprint density at radius 1 is 1.55 bits per heavy atom. The Labute approximate surface area is 120 Å². The lowest BCUT2D eigenvalue weighted by atomic mass is 10.1. The smallest absolute Gasteiger partial charge is 0.257 e. The van der Waals surface area contributed by atoms with Gasteiger partial charge < -0.3 is 9.84 Å². The molecule has 3 rings (SSSR count). The first-order chi connectivity index (χ1) is 9.63. The van der Waals surface area contributed by atoms with Crippen molar-refractivity contribution in [1.82, 2.24) is 4.98 Å². The minimum absolute atomic E-state index is 0.203. The van der Waals surface area contributed by atoms with Crippen molar-refractivity contribution in [3.05, 3.63) is 40.4 Å². The molecule has 1 atom stereocenters. The van der Waals surface area contributed by atoms with Crippen LogP contribution in [0, 0.1) is 0 Å². The number of aromatic nitrogens is 1. The molecular formula is C14H14N2O3S. The van der Waals surface area contributed by atoms with Gasteiger partial charge in [0.1, 0.15) is 5.75 Å². The van der Waals surface area contributed by atoms with Crippen LogP contribution in [-0.4, -0.2) is 22.6 Å². The van der Waals surface area contributed by atoms with E-state index in [0.717, 1.165) is 17.7 Å². The largest absolute Gasteiger partial charge is 0.493 e.